The summed E-state index contributed by atoms with van der Waals surface area (Å²) < 4.78 is 11.9. The van der Waals surface area contributed by atoms with E-state index in [1.54, 1.807) is 38.6 Å². The van der Waals surface area contributed by atoms with Crippen LogP contribution >= 0.6 is 15.9 Å². The van der Waals surface area contributed by atoms with Crippen molar-refractivity contribution in [3.63, 3.8) is 0 Å². The van der Waals surface area contributed by atoms with E-state index in [1.807, 2.05) is 18.2 Å². The minimum Gasteiger partial charge on any atom is -0.496 e. The zero-order valence-corrected chi connectivity index (χ0v) is 17.0. The number of nitrogens with one attached hydrogen (secondary N) is 1. The number of ether oxygens (including phenoxy) is 2. The molecule has 1 aliphatic rings. The van der Waals surface area contributed by atoms with Crippen molar-refractivity contribution in [2.45, 2.75) is 12.8 Å². The smallest absolute Gasteiger partial charge is 0.271 e. The van der Waals surface area contributed by atoms with E-state index in [-0.39, 0.29) is 5.91 Å². The summed E-state index contributed by atoms with van der Waals surface area (Å²) in [5.41, 5.74) is 4.80. The number of amides is 1. The summed E-state index contributed by atoms with van der Waals surface area (Å²) in [5.74, 6) is 1.16. The minimum absolute atomic E-state index is 0.285. The molecule has 0 atom stereocenters. The number of nitrogens with zero attached hydrogens (tertiary/aromatic N) is 2. The number of methoxy groups -OCH3 is 2. The van der Waals surface area contributed by atoms with Gasteiger partial charge in [0.25, 0.3) is 5.91 Å². The van der Waals surface area contributed by atoms with Crippen molar-refractivity contribution in [3.05, 3.63) is 52.0 Å². The zero-order valence-electron chi connectivity index (χ0n) is 15.4. The second kappa shape index (κ2) is 8.90. The highest BCUT2D eigenvalue weighted by atomic mass is 79.9. The summed E-state index contributed by atoms with van der Waals surface area (Å²) >= 11 is 3.35. The third kappa shape index (κ3) is 4.60. The molecule has 1 fully saturated rings. The third-order valence-corrected chi connectivity index (χ3v) is 4.93. The molecule has 0 radical (unpaired) electrons. The van der Waals surface area contributed by atoms with Crippen LogP contribution in [0.4, 0.5) is 5.69 Å². The Labute approximate surface area is 167 Å². The molecule has 7 heteroatoms. The van der Waals surface area contributed by atoms with Gasteiger partial charge in [-0.3, -0.25) is 4.79 Å². The standard InChI is InChI=1S/C20H22BrN3O3/c1-26-18-12-17(24-8-3-4-9-24)19(27-2)11-15(18)13-22-23-20(25)14-6-5-7-16(21)10-14/h5-7,10-13H,3-4,8-9H2,1-2H3,(H,23,25)/b22-13-. The molecule has 1 saturated heterocycles. The molecular formula is C20H22BrN3O3. The Morgan fingerprint density at radius 1 is 1.15 bits per heavy atom. The van der Waals surface area contributed by atoms with Crippen molar-refractivity contribution in [1.29, 1.82) is 0 Å². The SMILES string of the molecule is COc1cc(N2CCCC2)c(OC)cc1/C=N\NC(=O)c1cccc(Br)c1. The average molecular weight is 432 g/mol. The third-order valence-electron chi connectivity index (χ3n) is 4.43. The second-order valence-corrected chi connectivity index (χ2v) is 7.09. The lowest BCUT2D eigenvalue weighted by atomic mass is 10.1. The van der Waals surface area contributed by atoms with Gasteiger partial charge in [-0.1, -0.05) is 22.0 Å². The normalized spacial score (nSPS) is 13.8. The van der Waals surface area contributed by atoms with E-state index in [4.69, 9.17) is 9.47 Å². The van der Waals surface area contributed by atoms with Gasteiger partial charge in [-0.15, -0.1) is 0 Å². The van der Waals surface area contributed by atoms with Crippen LogP contribution in [0.25, 0.3) is 0 Å². The van der Waals surface area contributed by atoms with E-state index < -0.39 is 0 Å². The van der Waals surface area contributed by atoms with Gasteiger partial charge >= 0.3 is 0 Å². The van der Waals surface area contributed by atoms with Crippen LogP contribution in [-0.4, -0.2) is 39.4 Å². The molecule has 1 heterocycles. The molecule has 3 rings (SSSR count). The van der Waals surface area contributed by atoms with Crippen LogP contribution in [0.3, 0.4) is 0 Å². The molecule has 1 N–H and O–H groups in total. The molecule has 1 amide bonds. The van der Waals surface area contributed by atoms with Crippen molar-refractivity contribution in [3.8, 4) is 11.5 Å². The maximum absolute atomic E-state index is 12.2. The quantitative estimate of drug-likeness (QED) is 0.557. The van der Waals surface area contributed by atoms with Crippen LogP contribution in [0.2, 0.25) is 0 Å². The average Bonchev–Trinajstić information content (AvgIpc) is 3.22. The molecule has 1 aliphatic heterocycles. The van der Waals surface area contributed by atoms with E-state index in [0.717, 1.165) is 34.6 Å². The van der Waals surface area contributed by atoms with Gasteiger partial charge in [-0.2, -0.15) is 5.10 Å². The maximum Gasteiger partial charge on any atom is 0.271 e. The topological polar surface area (TPSA) is 63.2 Å². The van der Waals surface area contributed by atoms with E-state index in [0.29, 0.717) is 11.3 Å². The number of hydrogen-bond acceptors (Lipinski definition) is 5. The molecular weight excluding hydrogens is 410 g/mol. The van der Waals surface area contributed by atoms with E-state index in [1.165, 1.54) is 12.8 Å². The van der Waals surface area contributed by atoms with Gasteiger partial charge in [0.05, 0.1) is 26.1 Å². The number of hydrogen-bond donors (Lipinski definition) is 1. The van der Waals surface area contributed by atoms with Gasteiger partial charge in [0.15, 0.2) is 0 Å². The fourth-order valence-electron chi connectivity index (χ4n) is 3.07. The lowest BCUT2D eigenvalue weighted by molar-refractivity contribution is 0.0955. The maximum atomic E-state index is 12.2. The van der Waals surface area contributed by atoms with E-state index >= 15 is 0 Å². The first-order chi connectivity index (χ1) is 13.1. The highest BCUT2D eigenvalue weighted by molar-refractivity contribution is 9.10. The molecule has 0 aromatic heterocycles. The fraction of sp³-hybridized carbons (Fsp3) is 0.300. The van der Waals surface area contributed by atoms with Crippen LogP contribution in [0, 0.1) is 0 Å². The van der Waals surface area contributed by atoms with Gasteiger partial charge in [0, 0.05) is 34.8 Å². The molecule has 6 nitrogen and oxygen atoms in total. The van der Waals surface area contributed by atoms with Crippen molar-refractivity contribution >= 4 is 33.7 Å². The first-order valence-corrected chi connectivity index (χ1v) is 9.51. The summed E-state index contributed by atoms with van der Waals surface area (Å²) in [6.45, 7) is 2.02. The lowest BCUT2D eigenvalue weighted by Gasteiger charge is -2.22. The minimum atomic E-state index is -0.285. The van der Waals surface area contributed by atoms with Gasteiger partial charge in [-0.25, -0.2) is 5.43 Å². The molecule has 142 valence electrons. The Morgan fingerprint density at radius 3 is 2.56 bits per heavy atom. The first-order valence-electron chi connectivity index (χ1n) is 8.72. The van der Waals surface area contributed by atoms with Crippen LogP contribution in [-0.2, 0) is 0 Å². The number of halogens is 1. The van der Waals surface area contributed by atoms with Crippen LogP contribution in [0.5, 0.6) is 11.5 Å². The largest absolute Gasteiger partial charge is 0.496 e. The zero-order chi connectivity index (χ0) is 19.2. The monoisotopic (exact) mass is 431 g/mol. The molecule has 0 spiro atoms. The lowest BCUT2D eigenvalue weighted by Crippen LogP contribution is -2.19. The van der Waals surface area contributed by atoms with E-state index in [9.17, 15) is 4.79 Å². The predicted molar refractivity (Wildman–Crippen MR) is 110 cm³/mol. The molecule has 0 bridgehead atoms. The molecule has 0 aliphatic carbocycles. The summed E-state index contributed by atoms with van der Waals surface area (Å²) in [6, 6.07) is 11.0. The fourth-order valence-corrected chi connectivity index (χ4v) is 3.47. The Morgan fingerprint density at radius 2 is 1.89 bits per heavy atom. The Kier molecular flexibility index (Phi) is 6.34. The first kappa shape index (κ1) is 19.2. The van der Waals surface area contributed by atoms with Crippen LogP contribution in [0.15, 0.2) is 46.0 Å². The molecule has 27 heavy (non-hydrogen) atoms. The summed E-state index contributed by atoms with van der Waals surface area (Å²) in [4.78, 5) is 14.5. The highest BCUT2D eigenvalue weighted by Crippen LogP contribution is 2.36. The van der Waals surface area contributed by atoms with Crippen molar-refractivity contribution < 1.29 is 14.3 Å². The number of hydrazone groups is 1. The van der Waals surface area contributed by atoms with Crippen LogP contribution < -0.4 is 19.8 Å². The summed E-state index contributed by atoms with van der Waals surface area (Å²) in [7, 11) is 3.27. The van der Waals surface area contributed by atoms with Gasteiger partial charge in [-0.05, 0) is 37.1 Å². The van der Waals surface area contributed by atoms with Gasteiger partial charge < -0.3 is 14.4 Å². The number of rotatable bonds is 6. The van der Waals surface area contributed by atoms with Gasteiger partial charge in [0.2, 0.25) is 0 Å². The Bertz CT molecular complexity index is 848. The van der Waals surface area contributed by atoms with Crippen LogP contribution in [0.1, 0.15) is 28.8 Å². The number of anilines is 1. The van der Waals surface area contributed by atoms with E-state index in [2.05, 4.69) is 31.4 Å². The molecule has 0 saturated carbocycles. The summed E-state index contributed by atoms with van der Waals surface area (Å²) in [5, 5.41) is 4.07. The molecule has 0 unspecified atom stereocenters. The molecule has 2 aromatic carbocycles. The number of benzene rings is 2. The predicted octanol–water partition coefficient (Wildman–Crippen LogP) is 3.83. The summed E-state index contributed by atoms with van der Waals surface area (Å²) in [6.07, 6.45) is 3.91. The van der Waals surface area contributed by atoms with Crippen molar-refractivity contribution in [2.75, 3.05) is 32.2 Å². The highest BCUT2D eigenvalue weighted by Gasteiger charge is 2.19. The number of carbonyl (C=O) groups is 1. The Hall–Kier alpha value is -2.54. The Balaban J connectivity index is 1.79. The second-order valence-electron chi connectivity index (χ2n) is 6.17. The van der Waals surface area contributed by atoms with Gasteiger partial charge in [0.1, 0.15) is 11.5 Å². The van der Waals surface area contributed by atoms with Crippen molar-refractivity contribution in [1.82, 2.24) is 5.43 Å². The van der Waals surface area contributed by atoms with Crippen molar-refractivity contribution in [2.24, 2.45) is 5.10 Å². The molecule has 2 aromatic rings. The number of carbonyl (C=O) groups excluding carboxylic acids is 1.